The minimum atomic E-state index is -0.567. The van der Waals surface area contributed by atoms with Gasteiger partial charge in [0.1, 0.15) is 0 Å². The Morgan fingerprint density at radius 3 is 2.21 bits per heavy atom. The first-order valence-electron chi connectivity index (χ1n) is 14.0. The number of carboxylic acid groups (broad SMARTS) is 1. The average molecular weight is 473 g/mol. The van der Waals surface area contributed by atoms with E-state index in [0.29, 0.717) is 23.7 Å². The number of aliphatic hydroxyl groups excluding tert-OH is 2. The molecule has 0 bridgehead atoms. The Hall–Kier alpha value is -0.870. The molecule has 3 N–H and O–H groups in total. The number of carboxylic acids is 1. The molecule has 5 aliphatic rings. The maximum Gasteiger partial charge on any atom is 0.309 e. The quantitative estimate of drug-likeness (QED) is 0.436. The number of hydrogen-bond acceptors (Lipinski definition) is 3. The molecule has 5 fully saturated rings. The Labute approximate surface area is 206 Å². The standard InChI is InChI=1S/C30H48O4/c1-18(2)19-9-14-30(25(33)34)16-15-28(5)20(24(19)30)7-8-22-26(3)12-11-23(32)27(4,17-31)21(26)10-13-29(22,28)6/h19-24,31-32H,1,7-17H2,2-6H3,(H,33,34)/t19-,20+,21-,22+,23-,24+,26-,27-,28+,29+,30-/m0/s1. The number of aliphatic carboxylic acids is 1. The Bertz CT molecular complexity index is 883. The van der Waals surface area contributed by atoms with Gasteiger partial charge in [0.25, 0.3) is 0 Å². The molecule has 192 valence electrons. The van der Waals surface area contributed by atoms with Gasteiger partial charge in [-0.3, -0.25) is 4.79 Å². The monoisotopic (exact) mass is 472 g/mol. The summed E-state index contributed by atoms with van der Waals surface area (Å²) in [5.74, 6) is 1.30. The minimum Gasteiger partial charge on any atom is -0.481 e. The molecule has 4 heteroatoms. The lowest BCUT2D eigenvalue weighted by Gasteiger charge is -2.72. The fourth-order valence-corrected chi connectivity index (χ4v) is 11.5. The van der Waals surface area contributed by atoms with Crippen molar-refractivity contribution in [1.82, 2.24) is 0 Å². The fourth-order valence-electron chi connectivity index (χ4n) is 11.5. The van der Waals surface area contributed by atoms with Crippen molar-refractivity contribution >= 4 is 5.97 Å². The number of aliphatic hydroxyl groups is 2. The first kappa shape index (κ1) is 24.8. The molecule has 5 rings (SSSR count). The van der Waals surface area contributed by atoms with Crippen LogP contribution in [0.2, 0.25) is 0 Å². The van der Waals surface area contributed by atoms with Gasteiger partial charge in [-0.2, -0.15) is 0 Å². The van der Waals surface area contributed by atoms with Crippen molar-refractivity contribution in [3.8, 4) is 0 Å². The van der Waals surface area contributed by atoms with Crippen LogP contribution >= 0.6 is 0 Å². The van der Waals surface area contributed by atoms with Crippen molar-refractivity contribution in [1.29, 1.82) is 0 Å². The van der Waals surface area contributed by atoms with Crippen molar-refractivity contribution in [2.75, 3.05) is 6.61 Å². The molecule has 0 aromatic carbocycles. The Morgan fingerprint density at radius 1 is 0.882 bits per heavy atom. The van der Waals surface area contributed by atoms with Crippen LogP contribution < -0.4 is 0 Å². The van der Waals surface area contributed by atoms with Crippen LogP contribution in [0.5, 0.6) is 0 Å². The molecule has 0 aromatic heterocycles. The van der Waals surface area contributed by atoms with Crippen LogP contribution in [-0.4, -0.2) is 34.0 Å². The summed E-state index contributed by atoms with van der Waals surface area (Å²) in [5, 5.41) is 31.8. The van der Waals surface area contributed by atoms with Gasteiger partial charge < -0.3 is 15.3 Å². The second-order valence-electron chi connectivity index (χ2n) is 14.4. The SMILES string of the molecule is C=C(C)[C@@H]1CC[C@]2(C(=O)O)CC[C@]3(C)[C@H](CC[C@@H]4[C@@]5(C)CC[C@H](O)[C@@](C)(CO)[C@H]5CC[C@]43C)[C@@H]12. The normalized spacial score (nSPS) is 56.6. The average Bonchev–Trinajstić information content (AvgIpc) is 3.18. The lowest BCUT2D eigenvalue weighted by Crippen LogP contribution is -2.67. The lowest BCUT2D eigenvalue weighted by molar-refractivity contribution is -0.254. The van der Waals surface area contributed by atoms with Crippen LogP contribution in [-0.2, 0) is 4.79 Å². The molecular weight excluding hydrogens is 424 g/mol. The van der Waals surface area contributed by atoms with E-state index in [1.54, 1.807) is 0 Å². The van der Waals surface area contributed by atoms with Gasteiger partial charge in [0, 0.05) is 5.41 Å². The zero-order valence-electron chi connectivity index (χ0n) is 22.2. The summed E-state index contributed by atoms with van der Waals surface area (Å²) in [5.41, 5.74) is 0.586. The summed E-state index contributed by atoms with van der Waals surface area (Å²) in [4.78, 5) is 12.8. The molecule has 0 aliphatic heterocycles. The summed E-state index contributed by atoms with van der Waals surface area (Å²) < 4.78 is 0. The third kappa shape index (κ3) is 2.76. The predicted octanol–water partition coefficient (Wildman–Crippen LogP) is 6.06. The topological polar surface area (TPSA) is 77.8 Å². The highest BCUT2D eigenvalue weighted by Gasteiger charge is 2.72. The highest BCUT2D eigenvalue weighted by atomic mass is 16.4. The molecule has 0 aromatic rings. The summed E-state index contributed by atoms with van der Waals surface area (Å²) >= 11 is 0. The van der Waals surface area contributed by atoms with Crippen LogP contribution in [0, 0.1) is 56.7 Å². The molecule has 0 amide bonds. The highest BCUT2D eigenvalue weighted by Crippen LogP contribution is 2.77. The molecule has 5 aliphatic carbocycles. The summed E-state index contributed by atoms with van der Waals surface area (Å²) in [6.45, 7) is 16.2. The molecule has 5 saturated carbocycles. The molecule has 0 unspecified atom stereocenters. The largest absolute Gasteiger partial charge is 0.481 e. The Morgan fingerprint density at radius 2 is 1.59 bits per heavy atom. The predicted molar refractivity (Wildman–Crippen MR) is 134 cm³/mol. The second kappa shape index (κ2) is 7.57. The van der Waals surface area contributed by atoms with Crippen molar-refractivity contribution in [2.24, 2.45) is 56.7 Å². The van der Waals surface area contributed by atoms with Gasteiger partial charge in [0.15, 0.2) is 0 Å². The van der Waals surface area contributed by atoms with Crippen molar-refractivity contribution < 1.29 is 20.1 Å². The molecule has 4 nitrogen and oxygen atoms in total. The van der Waals surface area contributed by atoms with Gasteiger partial charge >= 0.3 is 5.97 Å². The van der Waals surface area contributed by atoms with E-state index in [2.05, 4.69) is 41.2 Å². The zero-order chi connectivity index (χ0) is 24.9. The first-order chi connectivity index (χ1) is 15.8. The van der Waals surface area contributed by atoms with E-state index in [0.717, 1.165) is 64.2 Å². The Balaban J connectivity index is 1.56. The molecule has 0 saturated heterocycles. The van der Waals surface area contributed by atoms with Crippen LogP contribution in [0.1, 0.15) is 98.8 Å². The number of carbonyl (C=O) groups is 1. The van der Waals surface area contributed by atoms with E-state index in [1.807, 2.05) is 0 Å². The van der Waals surface area contributed by atoms with Crippen molar-refractivity contribution in [3.63, 3.8) is 0 Å². The van der Waals surface area contributed by atoms with E-state index < -0.39 is 22.9 Å². The molecule has 0 spiro atoms. The zero-order valence-corrected chi connectivity index (χ0v) is 22.2. The van der Waals surface area contributed by atoms with E-state index in [4.69, 9.17) is 0 Å². The van der Waals surface area contributed by atoms with Gasteiger partial charge in [0.05, 0.1) is 18.1 Å². The van der Waals surface area contributed by atoms with Crippen LogP contribution in [0.3, 0.4) is 0 Å². The van der Waals surface area contributed by atoms with Crippen molar-refractivity contribution in [2.45, 2.75) is 105 Å². The van der Waals surface area contributed by atoms with E-state index >= 15 is 0 Å². The molecule has 0 heterocycles. The molecule has 34 heavy (non-hydrogen) atoms. The summed E-state index contributed by atoms with van der Waals surface area (Å²) in [6.07, 6.45) is 9.43. The third-order valence-electron chi connectivity index (χ3n) is 13.6. The van der Waals surface area contributed by atoms with Gasteiger partial charge in [-0.05, 0) is 117 Å². The van der Waals surface area contributed by atoms with E-state index in [9.17, 15) is 20.1 Å². The summed E-state index contributed by atoms with van der Waals surface area (Å²) in [6, 6.07) is 0. The number of allylic oxidation sites excluding steroid dienone is 1. The van der Waals surface area contributed by atoms with Crippen LogP contribution in [0.25, 0.3) is 0 Å². The molecular formula is C30H48O4. The van der Waals surface area contributed by atoms with Crippen molar-refractivity contribution in [3.05, 3.63) is 12.2 Å². The third-order valence-corrected chi connectivity index (χ3v) is 13.6. The van der Waals surface area contributed by atoms with Gasteiger partial charge in [0.2, 0.25) is 0 Å². The maximum atomic E-state index is 12.8. The maximum absolute atomic E-state index is 12.8. The van der Waals surface area contributed by atoms with Crippen LogP contribution in [0.4, 0.5) is 0 Å². The van der Waals surface area contributed by atoms with Gasteiger partial charge in [-0.25, -0.2) is 0 Å². The summed E-state index contributed by atoms with van der Waals surface area (Å²) in [7, 11) is 0. The second-order valence-corrected chi connectivity index (χ2v) is 14.4. The van der Waals surface area contributed by atoms with Gasteiger partial charge in [-0.15, -0.1) is 0 Å². The van der Waals surface area contributed by atoms with E-state index in [1.165, 1.54) is 5.57 Å². The number of hydrogen-bond donors (Lipinski definition) is 3. The van der Waals surface area contributed by atoms with Crippen LogP contribution in [0.15, 0.2) is 12.2 Å². The minimum absolute atomic E-state index is 0.0568. The number of rotatable bonds is 3. The Kier molecular flexibility index (Phi) is 5.52. The lowest BCUT2D eigenvalue weighted by atomic mass is 9.32. The fraction of sp³-hybridized carbons (Fsp3) is 0.900. The molecule has 0 radical (unpaired) electrons. The molecule has 11 atom stereocenters. The number of fused-ring (bicyclic) bond motifs is 7. The first-order valence-corrected chi connectivity index (χ1v) is 14.0. The van der Waals surface area contributed by atoms with Gasteiger partial charge in [-0.1, -0.05) is 39.8 Å². The smallest absolute Gasteiger partial charge is 0.309 e. The van der Waals surface area contributed by atoms with E-state index in [-0.39, 0.29) is 28.8 Å². The highest BCUT2D eigenvalue weighted by molar-refractivity contribution is 5.76.